The fourth-order valence-corrected chi connectivity index (χ4v) is 4.20. The van der Waals surface area contributed by atoms with Crippen molar-refractivity contribution >= 4 is 34.0 Å². The predicted molar refractivity (Wildman–Crippen MR) is 131 cm³/mol. The van der Waals surface area contributed by atoms with Crippen molar-refractivity contribution in [2.75, 3.05) is 11.1 Å². The van der Waals surface area contributed by atoms with E-state index in [1.54, 1.807) is 31.2 Å². The van der Waals surface area contributed by atoms with E-state index in [0.717, 1.165) is 0 Å². The van der Waals surface area contributed by atoms with Crippen molar-refractivity contribution in [1.29, 1.82) is 0 Å². The summed E-state index contributed by atoms with van der Waals surface area (Å²) in [7, 11) is 0. The number of benzene rings is 2. The predicted octanol–water partition coefficient (Wildman–Crippen LogP) is 4.69. The maximum Gasteiger partial charge on any atom is 0.265 e. The first-order valence-corrected chi connectivity index (χ1v) is 11.0. The largest absolute Gasteiger partial charge is 0.383 e. The summed E-state index contributed by atoms with van der Waals surface area (Å²) >= 11 is 6.37. The summed E-state index contributed by atoms with van der Waals surface area (Å²) in [6.07, 6.45) is 1.30. The highest BCUT2D eigenvalue weighted by Crippen LogP contribution is 2.33. The molecule has 0 radical (unpaired) electrons. The number of aryl methyl sites for hydroxylation is 1. The molecule has 2 aromatic carbocycles. The first kappa shape index (κ1) is 22.5. The third-order valence-electron chi connectivity index (χ3n) is 5.51. The molecular formula is C24H19ClFN7O2. The van der Waals surface area contributed by atoms with Crippen LogP contribution in [-0.2, 0) is 0 Å². The van der Waals surface area contributed by atoms with Crippen LogP contribution >= 0.6 is 11.6 Å². The lowest BCUT2D eigenvalue weighted by Gasteiger charge is -2.22. The first-order chi connectivity index (χ1) is 16.8. The van der Waals surface area contributed by atoms with E-state index in [1.165, 1.54) is 29.1 Å². The summed E-state index contributed by atoms with van der Waals surface area (Å²) < 4.78 is 20.8. The SMILES string of the molecule is Cc1noc(-c2c(N)ncnc2NC(C)c2cc3cccc(Cl)c3c(=O)n2-c2cccc(F)c2)n1. The monoisotopic (exact) mass is 491 g/mol. The molecule has 35 heavy (non-hydrogen) atoms. The topological polar surface area (TPSA) is 125 Å². The number of fused-ring (bicyclic) bond motifs is 1. The van der Waals surface area contributed by atoms with E-state index in [4.69, 9.17) is 21.9 Å². The average molecular weight is 492 g/mol. The van der Waals surface area contributed by atoms with E-state index < -0.39 is 11.9 Å². The Balaban J connectivity index is 1.69. The molecule has 9 nitrogen and oxygen atoms in total. The molecule has 0 fully saturated rings. The summed E-state index contributed by atoms with van der Waals surface area (Å²) in [5.74, 6) is 0.582. The van der Waals surface area contributed by atoms with Gasteiger partial charge in [0.25, 0.3) is 11.4 Å². The number of hydrogen-bond acceptors (Lipinski definition) is 8. The van der Waals surface area contributed by atoms with E-state index in [9.17, 15) is 9.18 Å². The number of hydrogen-bond donors (Lipinski definition) is 2. The molecule has 0 spiro atoms. The third-order valence-corrected chi connectivity index (χ3v) is 5.82. The van der Waals surface area contributed by atoms with Crippen LogP contribution in [0.5, 0.6) is 0 Å². The number of pyridine rings is 1. The number of aromatic nitrogens is 5. The van der Waals surface area contributed by atoms with Crippen molar-refractivity contribution in [3.63, 3.8) is 0 Å². The average Bonchev–Trinajstić information content (AvgIpc) is 3.24. The van der Waals surface area contributed by atoms with E-state index >= 15 is 0 Å². The molecule has 0 aliphatic rings. The van der Waals surface area contributed by atoms with Crippen molar-refractivity contribution in [1.82, 2.24) is 24.7 Å². The molecule has 3 heterocycles. The summed E-state index contributed by atoms with van der Waals surface area (Å²) in [5.41, 5.74) is 6.96. The van der Waals surface area contributed by atoms with Crippen molar-refractivity contribution in [2.45, 2.75) is 19.9 Å². The fourth-order valence-electron chi connectivity index (χ4n) is 3.94. The van der Waals surface area contributed by atoms with Gasteiger partial charge in [-0.15, -0.1) is 0 Å². The summed E-state index contributed by atoms with van der Waals surface area (Å²) in [6.45, 7) is 3.52. The first-order valence-electron chi connectivity index (χ1n) is 10.6. The second kappa shape index (κ2) is 8.80. The maximum atomic E-state index is 14.1. The van der Waals surface area contributed by atoms with Gasteiger partial charge in [0, 0.05) is 5.69 Å². The number of nitrogens with two attached hydrogens (primary N) is 1. The van der Waals surface area contributed by atoms with Crippen LogP contribution in [0.25, 0.3) is 27.9 Å². The van der Waals surface area contributed by atoms with Crippen LogP contribution < -0.4 is 16.6 Å². The highest BCUT2D eigenvalue weighted by molar-refractivity contribution is 6.35. The number of nitrogens with zero attached hydrogens (tertiary/aromatic N) is 5. The highest BCUT2D eigenvalue weighted by atomic mass is 35.5. The van der Waals surface area contributed by atoms with Gasteiger partial charge in [0.15, 0.2) is 5.82 Å². The Labute approximate surface area is 203 Å². The molecule has 0 bridgehead atoms. The molecule has 11 heteroatoms. The number of halogens is 2. The molecule has 3 aromatic heterocycles. The van der Waals surface area contributed by atoms with Crippen LogP contribution in [0, 0.1) is 12.7 Å². The van der Waals surface area contributed by atoms with Crippen LogP contribution in [0.3, 0.4) is 0 Å². The summed E-state index contributed by atoms with van der Waals surface area (Å²) in [4.78, 5) is 26.2. The minimum absolute atomic E-state index is 0.145. The standard InChI is InChI=1S/C24H19ClFN7O2/c1-12(30-22-20(21(27)28-11-29-22)23-31-13(2)32-35-23)18-9-14-5-3-8-17(25)19(14)24(34)33(18)16-7-4-6-15(26)10-16/h3-12H,1-2H3,(H3,27,28,29,30). The molecule has 0 amide bonds. The summed E-state index contributed by atoms with van der Waals surface area (Å²) in [6, 6.07) is 12.3. The zero-order chi connectivity index (χ0) is 24.7. The molecule has 1 atom stereocenters. The Kier molecular flexibility index (Phi) is 5.65. The second-order valence-electron chi connectivity index (χ2n) is 7.89. The van der Waals surface area contributed by atoms with Crippen LogP contribution in [-0.4, -0.2) is 24.7 Å². The van der Waals surface area contributed by atoms with Gasteiger partial charge in [0.1, 0.15) is 29.3 Å². The van der Waals surface area contributed by atoms with Gasteiger partial charge in [0.2, 0.25) is 0 Å². The Morgan fingerprint density at radius 2 is 1.97 bits per heavy atom. The van der Waals surface area contributed by atoms with E-state index in [2.05, 4.69) is 25.4 Å². The Morgan fingerprint density at radius 1 is 1.17 bits per heavy atom. The van der Waals surface area contributed by atoms with E-state index in [0.29, 0.717) is 44.4 Å². The third kappa shape index (κ3) is 4.08. The minimum Gasteiger partial charge on any atom is -0.383 e. The normalized spacial score (nSPS) is 12.1. The molecule has 1 unspecified atom stereocenters. The van der Waals surface area contributed by atoms with Crippen molar-refractivity contribution in [3.05, 3.63) is 87.6 Å². The number of nitrogens with one attached hydrogen (secondary N) is 1. The van der Waals surface area contributed by atoms with Gasteiger partial charge in [-0.2, -0.15) is 4.98 Å². The molecule has 0 aliphatic carbocycles. The van der Waals surface area contributed by atoms with Gasteiger partial charge >= 0.3 is 0 Å². The molecule has 176 valence electrons. The lowest BCUT2D eigenvalue weighted by Crippen LogP contribution is -2.26. The van der Waals surface area contributed by atoms with Crippen molar-refractivity contribution < 1.29 is 8.91 Å². The zero-order valence-corrected chi connectivity index (χ0v) is 19.4. The number of anilines is 2. The maximum absolute atomic E-state index is 14.1. The van der Waals surface area contributed by atoms with Crippen LogP contribution in [0.15, 0.2) is 64.2 Å². The highest BCUT2D eigenvalue weighted by Gasteiger charge is 2.22. The Bertz CT molecular complexity index is 1630. The molecular weight excluding hydrogens is 473 g/mol. The van der Waals surface area contributed by atoms with Gasteiger partial charge in [-0.1, -0.05) is 35.0 Å². The fraction of sp³-hybridized carbons (Fsp3) is 0.125. The van der Waals surface area contributed by atoms with Crippen molar-refractivity contribution in [3.8, 4) is 17.1 Å². The van der Waals surface area contributed by atoms with Crippen LogP contribution in [0.1, 0.15) is 24.5 Å². The molecule has 0 saturated carbocycles. The Morgan fingerprint density at radius 3 is 2.71 bits per heavy atom. The van der Waals surface area contributed by atoms with Gasteiger partial charge < -0.3 is 15.6 Å². The van der Waals surface area contributed by atoms with Gasteiger partial charge in [0.05, 0.1) is 22.1 Å². The van der Waals surface area contributed by atoms with E-state index in [1.807, 2.05) is 13.0 Å². The van der Waals surface area contributed by atoms with Gasteiger partial charge in [-0.05, 0) is 49.6 Å². The quantitative estimate of drug-likeness (QED) is 0.363. The minimum atomic E-state index is -0.508. The second-order valence-corrected chi connectivity index (χ2v) is 8.30. The smallest absolute Gasteiger partial charge is 0.265 e. The summed E-state index contributed by atoms with van der Waals surface area (Å²) in [5, 5.41) is 8.36. The molecule has 5 rings (SSSR count). The molecule has 0 saturated heterocycles. The number of rotatable bonds is 5. The van der Waals surface area contributed by atoms with Crippen LogP contribution in [0.4, 0.5) is 16.0 Å². The van der Waals surface area contributed by atoms with Crippen molar-refractivity contribution in [2.24, 2.45) is 0 Å². The number of nitrogen functional groups attached to an aromatic ring is 1. The van der Waals surface area contributed by atoms with Gasteiger partial charge in [-0.3, -0.25) is 9.36 Å². The molecule has 5 aromatic rings. The lowest BCUT2D eigenvalue weighted by molar-refractivity contribution is 0.425. The lowest BCUT2D eigenvalue weighted by atomic mass is 10.1. The Hall–Kier alpha value is -4.31. The molecule has 3 N–H and O–H groups in total. The van der Waals surface area contributed by atoms with Crippen LogP contribution in [0.2, 0.25) is 5.02 Å². The van der Waals surface area contributed by atoms with E-state index in [-0.39, 0.29) is 17.3 Å². The van der Waals surface area contributed by atoms with Gasteiger partial charge in [-0.25, -0.2) is 14.4 Å². The molecule has 0 aliphatic heterocycles. The zero-order valence-electron chi connectivity index (χ0n) is 18.7.